The summed E-state index contributed by atoms with van der Waals surface area (Å²) in [6.07, 6.45) is -0.459. The number of hydrogen-bond acceptors (Lipinski definition) is 4. The van der Waals surface area contributed by atoms with Gasteiger partial charge in [0.25, 0.3) is 0 Å². The zero-order valence-corrected chi connectivity index (χ0v) is 13.2. The van der Waals surface area contributed by atoms with Crippen LogP contribution in [0.2, 0.25) is 19.6 Å². The number of amides is 1. The van der Waals surface area contributed by atoms with Crippen LogP contribution >= 0.6 is 0 Å². The molecule has 0 aromatic rings. The summed E-state index contributed by atoms with van der Waals surface area (Å²) >= 11 is 0. The second-order valence-electron chi connectivity index (χ2n) is 6.07. The van der Waals surface area contributed by atoms with Crippen molar-refractivity contribution < 1.29 is 14.0 Å². The summed E-state index contributed by atoms with van der Waals surface area (Å²) in [6, 6.07) is 2.10. The minimum absolute atomic E-state index is 0.373. The summed E-state index contributed by atoms with van der Waals surface area (Å²) < 4.78 is 10.7. The molecule has 104 valence electrons. The Balaban J connectivity index is 3.96. The molecular weight excluding hydrogens is 248 g/mol. The molecule has 0 saturated heterocycles. The number of ether oxygens (including phenoxy) is 1. The lowest BCUT2D eigenvalue weighted by atomic mass is 10.2. The molecule has 0 bridgehead atoms. The third kappa shape index (κ3) is 10.1. The topological polar surface area (TPSA) is 71.3 Å². The third-order valence-corrected chi connectivity index (χ3v) is 2.71. The highest BCUT2D eigenvalue weighted by Crippen LogP contribution is 2.09. The number of nitrogens with zero attached hydrogens (tertiary/aromatic N) is 1. The molecule has 0 aliphatic carbocycles. The largest absolute Gasteiger partial charge is 0.444 e. The highest BCUT2D eigenvalue weighted by atomic mass is 28.4. The third-order valence-electron chi connectivity index (χ3n) is 1.71. The van der Waals surface area contributed by atoms with Gasteiger partial charge in [-0.2, -0.15) is 5.26 Å². The molecular formula is C12H24N2O3Si. The number of nitrogens with one attached hydrogen (secondary N) is 1. The lowest BCUT2D eigenvalue weighted by Crippen LogP contribution is -2.36. The van der Waals surface area contributed by atoms with E-state index in [1.165, 1.54) is 0 Å². The highest BCUT2D eigenvalue weighted by molar-refractivity contribution is 6.69. The second-order valence-corrected chi connectivity index (χ2v) is 10.5. The average molecular weight is 272 g/mol. The molecule has 5 nitrogen and oxygen atoms in total. The highest BCUT2D eigenvalue weighted by Gasteiger charge is 2.21. The SMILES string of the molecule is CC(C)(C)OC(=O)NCCC(C#N)O[Si](C)(C)C. The van der Waals surface area contributed by atoms with Gasteiger partial charge in [-0.3, -0.25) is 0 Å². The van der Waals surface area contributed by atoms with Crippen molar-refractivity contribution in [3.8, 4) is 6.07 Å². The molecule has 6 heteroatoms. The summed E-state index contributed by atoms with van der Waals surface area (Å²) in [5.41, 5.74) is -0.506. The summed E-state index contributed by atoms with van der Waals surface area (Å²) in [6.45, 7) is 11.9. The maximum absolute atomic E-state index is 11.4. The first-order valence-electron chi connectivity index (χ1n) is 6.08. The Morgan fingerprint density at radius 1 is 1.39 bits per heavy atom. The maximum atomic E-state index is 11.4. The smallest absolute Gasteiger partial charge is 0.407 e. The molecule has 0 fully saturated rings. The van der Waals surface area contributed by atoms with Crippen LogP contribution in [-0.4, -0.2) is 32.7 Å². The zero-order chi connectivity index (χ0) is 14.4. The number of nitriles is 1. The van der Waals surface area contributed by atoms with Gasteiger partial charge in [0.05, 0.1) is 6.07 Å². The Kier molecular flexibility index (Phi) is 6.36. The van der Waals surface area contributed by atoms with E-state index in [9.17, 15) is 4.79 Å². The number of rotatable bonds is 5. The fourth-order valence-electron chi connectivity index (χ4n) is 1.20. The van der Waals surface area contributed by atoms with E-state index in [0.29, 0.717) is 13.0 Å². The van der Waals surface area contributed by atoms with E-state index >= 15 is 0 Å². The molecule has 1 atom stereocenters. The van der Waals surface area contributed by atoms with Crippen molar-refractivity contribution >= 4 is 14.4 Å². The number of carbonyl (C=O) groups is 1. The van der Waals surface area contributed by atoms with Gasteiger partial charge in [0, 0.05) is 13.0 Å². The van der Waals surface area contributed by atoms with E-state index < -0.39 is 26.1 Å². The van der Waals surface area contributed by atoms with Crippen molar-refractivity contribution in [2.45, 2.75) is 58.5 Å². The molecule has 0 saturated carbocycles. The fourth-order valence-corrected chi connectivity index (χ4v) is 2.22. The molecule has 0 aromatic heterocycles. The van der Waals surface area contributed by atoms with Crippen molar-refractivity contribution in [2.75, 3.05) is 6.54 Å². The van der Waals surface area contributed by atoms with Crippen LogP contribution in [0.25, 0.3) is 0 Å². The minimum Gasteiger partial charge on any atom is -0.444 e. The van der Waals surface area contributed by atoms with E-state index in [-0.39, 0.29) is 0 Å². The van der Waals surface area contributed by atoms with Gasteiger partial charge in [-0.05, 0) is 40.4 Å². The first-order valence-corrected chi connectivity index (χ1v) is 9.48. The van der Waals surface area contributed by atoms with E-state index in [1.807, 2.05) is 19.6 Å². The number of alkyl carbamates (subject to hydrolysis) is 1. The first-order chi connectivity index (χ1) is 8.03. The molecule has 18 heavy (non-hydrogen) atoms. The van der Waals surface area contributed by atoms with Gasteiger partial charge >= 0.3 is 6.09 Å². The van der Waals surface area contributed by atoms with E-state index in [2.05, 4.69) is 11.4 Å². The molecule has 1 N–H and O–H groups in total. The molecule has 0 heterocycles. The molecule has 0 aromatic carbocycles. The van der Waals surface area contributed by atoms with Crippen molar-refractivity contribution in [3.63, 3.8) is 0 Å². The fraction of sp³-hybridized carbons (Fsp3) is 0.833. The molecule has 1 amide bonds. The van der Waals surface area contributed by atoms with Crippen LogP contribution in [0.15, 0.2) is 0 Å². The second kappa shape index (κ2) is 6.76. The van der Waals surface area contributed by atoms with Crippen LogP contribution in [-0.2, 0) is 9.16 Å². The lowest BCUT2D eigenvalue weighted by Gasteiger charge is -2.22. The van der Waals surface area contributed by atoms with Crippen molar-refractivity contribution in [3.05, 3.63) is 0 Å². The summed E-state index contributed by atoms with van der Waals surface area (Å²) in [7, 11) is -1.72. The van der Waals surface area contributed by atoms with Gasteiger partial charge in [-0.1, -0.05) is 0 Å². The first kappa shape index (κ1) is 16.9. The van der Waals surface area contributed by atoms with E-state index in [0.717, 1.165) is 0 Å². The molecule has 0 spiro atoms. The molecule has 0 radical (unpaired) electrons. The maximum Gasteiger partial charge on any atom is 0.407 e. The lowest BCUT2D eigenvalue weighted by molar-refractivity contribution is 0.0523. The number of carbonyl (C=O) groups excluding carboxylic acids is 1. The number of hydrogen-bond donors (Lipinski definition) is 1. The normalized spacial score (nSPS) is 13.6. The standard InChI is InChI=1S/C12H24N2O3Si/c1-12(2,3)16-11(15)14-8-7-10(9-13)17-18(4,5)6/h10H,7-8H2,1-6H3,(H,14,15). The van der Waals surface area contributed by atoms with Crippen molar-refractivity contribution in [2.24, 2.45) is 0 Å². The van der Waals surface area contributed by atoms with Crippen LogP contribution in [0.5, 0.6) is 0 Å². The predicted octanol–water partition coefficient (Wildman–Crippen LogP) is 2.64. The van der Waals surface area contributed by atoms with Crippen LogP contribution in [0.3, 0.4) is 0 Å². The van der Waals surface area contributed by atoms with Crippen LogP contribution in [0.1, 0.15) is 27.2 Å². The van der Waals surface area contributed by atoms with Gasteiger partial charge in [-0.15, -0.1) is 0 Å². The Morgan fingerprint density at radius 3 is 2.33 bits per heavy atom. The van der Waals surface area contributed by atoms with Crippen LogP contribution in [0.4, 0.5) is 4.79 Å². The molecule has 1 unspecified atom stereocenters. The van der Waals surface area contributed by atoms with Crippen LogP contribution in [0, 0.1) is 11.3 Å². The van der Waals surface area contributed by atoms with Gasteiger partial charge in [0.15, 0.2) is 8.32 Å². The van der Waals surface area contributed by atoms with Gasteiger partial charge < -0.3 is 14.5 Å². The van der Waals surface area contributed by atoms with Crippen LogP contribution < -0.4 is 5.32 Å². The Hall–Kier alpha value is -1.06. The Morgan fingerprint density at radius 2 is 1.94 bits per heavy atom. The molecule has 0 aliphatic rings. The van der Waals surface area contributed by atoms with E-state index in [1.54, 1.807) is 20.8 Å². The summed E-state index contributed by atoms with van der Waals surface area (Å²) in [5.74, 6) is 0. The molecule has 0 aliphatic heterocycles. The van der Waals surface area contributed by atoms with Crippen molar-refractivity contribution in [1.82, 2.24) is 5.32 Å². The quantitative estimate of drug-likeness (QED) is 0.781. The zero-order valence-electron chi connectivity index (χ0n) is 12.2. The van der Waals surface area contributed by atoms with E-state index in [4.69, 9.17) is 14.4 Å². The minimum atomic E-state index is -1.72. The van der Waals surface area contributed by atoms with Crippen molar-refractivity contribution in [1.29, 1.82) is 5.26 Å². The summed E-state index contributed by atoms with van der Waals surface area (Å²) in [4.78, 5) is 11.4. The van der Waals surface area contributed by atoms with Gasteiger partial charge in [0.1, 0.15) is 11.7 Å². The van der Waals surface area contributed by atoms with Gasteiger partial charge in [0.2, 0.25) is 0 Å². The molecule has 0 rings (SSSR count). The van der Waals surface area contributed by atoms with Gasteiger partial charge in [-0.25, -0.2) is 4.79 Å². The average Bonchev–Trinajstić information content (AvgIpc) is 2.11. The summed E-state index contributed by atoms with van der Waals surface area (Å²) in [5, 5.41) is 11.6. The predicted molar refractivity (Wildman–Crippen MR) is 72.7 cm³/mol. The Bertz CT molecular complexity index is 313. The monoisotopic (exact) mass is 272 g/mol. The Labute approximate surface area is 111 Å².